The summed E-state index contributed by atoms with van der Waals surface area (Å²) in [5, 5.41) is 11.8. The third-order valence-corrected chi connectivity index (χ3v) is 3.20. The number of quaternary nitrogens is 1. The van der Waals surface area contributed by atoms with Gasteiger partial charge in [-0.1, -0.05) is 36.4 Å². The maximum atomic E-state index is 11.8. The Labute approximate surface area is 114 Å². The number of nitrogens with zero attached hydrogens (tertiary/aromatic N) is 2. The van der Waals surface area contributed by atoms with E-state index < -0.39 is 0 Å². The minimum atomic E-state index is -0.268. The van der Waals surface area contributed by atoms with Crippen LogP contribution in [0.4, 0.5) is 0 Å². The first-order chi connectivity index (χ1) is 9.06. The molecule has 0 aliphatic rings. The Hall–Kier alpha value is -1.71. The number of hydrogen-bond acceptors (Lipinski definition) is 2. The number of hydroxylamine groups is 3. The second-order valence-electron chi connectivity index (χ2n) is 5.30. The summed E-state index contributed by atoms with van der Waals surface area (Å²) in [6.07, 6.45) is 2.61. The van der Waals surface area contributed by atoms with Crippen LogP contribution in [0.2, 0.25) is 0 Å². The highest BCUT2D eigenvalue weighted by atomic mass is 16.5. The van der Waals surface area contributed by atoms with Crippen molar-refractivity contribution in [3.63, 3.8) is 0 Å². The third kappa shape index (κ3) is 4.16. The van der Waals surface area contributed by atoms with Crippen LogP contribution >= 0.6 is 0 Å². The van der Waals surface area contributed by atoms with Gasteiger partial charge in [-0.15, -0.1) is 0 Å². The molecule has 0 bridgehead atoms. The van der Waals surface area contributed by atoms with Crippen molar-refractivity contribution in [1.82, 2.24) is 4.98 Å². The Balaban J connectivity index is 2.24. The number of hydrogen-bond donors (Lipinski definition) is 0. The van der Waals surface area contributed by atoms with E-state index in [1.807, 2.05) is 42.6 Å². The van der Waals surface area contributed by atoms with Gasteiger partial charge in [-0.25, -0.2) is 0 Å². The molecule has 2 rings (SSSR count). The van der Waals surface area contributed by atoms with Gasteiger partial charge in [0.15, 0.2) is 0 Å². The second-order valence-corrected chi connectivity index (χ2v) is 5.30. The molecule has 0 spiro atoms. The van der Waals surface area contributed by atoms with Crippen LogP contribution in [0.5, 0.6) is 0 Å². The summed E-state index contributed by atoms with van der Waals surface area (Å²) in [6, 6.07) is 16.2. The number of benzene rings is 1. The van der Waals surface area contributed by atoms with Gasteiger partial charge in [0, 0.05) is 24.2 Å². The zero-order valence-corrected chi connectivity index (χ0v) is 11.5. The first-order valence-electron chi connectivity index (χ1n) is 6.56. The molecule has 1 aromatic heterocycles. The van der Waals surface area contributed by atoms with Crippen LogP contribution in [0.15, 0.2) is 54.7 Å². The minimum absolute atomic E-state index is 0.189. The standard InChI is InChI=1S/C16H20N2O/c1-18(2,19)13-11-15(14-8-4-3-5-9-14)16-10-6-7-12-17-16/h3-10,12,15H,11,13H2,1-2H3/t15-/m0/s1. The summed E-state index contributed by atoms with van der Waals surface area (Å²) in [7, 11) is 3.36. The van der Waals surface area contributed by atoms with Crippen LogP contribution in [0.3, 0.4) is 0 Å². The minimum Gasteiger partial charge on any atom is -0.633 e. The van der Waals surface area contributed by atoms with Crippen LogP contribution in [0.1, 0.15) is 23.6 Å². The fraction of sp³-hybridized carbons (Fsp3) is 0.312. The Morgan fingerprint density at radius 3 is 2.32 bits per heavy atom. The lowest BCUT2D eigenvalue weighted by Gasteiger charge is -2.35. The van der Waals surface area contributed by atoms with Gasteiger partial charge in [0.2, 0.25) is 0 Å². The average Bonchev–Trinajstić information content (AvgIpc) is 2.40. The van der Waals surface area contributed by atoms with Crippen LogP contribution in [0.25, 0.3) is 0 Å². The fourth-order valence-electron chi connectivity index (χ4n) is 2.19. The normalized spacial score (nSPS) is 13.2. The summed E-state index contributed by atoms with van der Waals surface area (Å²) in [6.45, 7) is 0.579. The smallest absolute Gasteiger partial charge is 0.0789 e. The molecule has 0 radical (unpaired) electrons. The van der Waals surface area contributed by atoms with Crippen LogP contribution < -0.4 is 0 Å². The molecule has 0 saturated carbocycles. The average molecular weight is 256 g/mol. The van der Waals surface area contributed by atoms with E-state index in [2.05, 4.69) is 17.1 Å². The van der Waals surface area contributed by atoms with E-state index in [4.69, 9.17) is 0 Å². The molecule has 0 amide bonds. The molecule has 0 unspecified atom stereocenters. The maximum Gasteiger partial charge on any atom is 0.0789 e. The van der Waals surface area contributed by atoms with Crippen molar-refractivity contribution in [3.8, 4) is 0 Å². The van der Waals surface area contributed by atoms with Gasteiger partial charge in [-0.3, -0.25) is 4.98 Å². The first kappa shape index (κ1) is 13.7. The molecule has 100 valence electrons. The summed E-state index contributed by atoms with van der Waals surface area (Å²) in [5.74, 6) is 0.189. The largest absolute Gasteiger partial charge is 0.633 e. The van der Waals surface area contributed by atoms with E-state index in [0.717, 1.165) is 12.1 Å². The first-order valence-corrected chi connectivity index (χ1v) is 6.56. The van der Waals surface area contributed by atoms with Crippen molar-refractivity contribution >= 4 is 0 Å². The van der Waals surface area contributed by atoms with Crippen LogP contribution in [-0.4, -0.2) is 30.3 Å². The Morgan fingerprint density at radius 2 is 1.74 bits per heavy atom. The van der Waals surface area contributed by atoms with E-state index in [-0.39, 0.29) is 10.6 Å². The van der Waals surface area contributed by atoms with Crippen molar-refractivity contribution in [3.05, 3.63) is 71.2 Å². The monoisotopic (exact) mass is 256 g/mol. The molecule has 3 nitrogen and oxygen atoms in total. The van der Waals surface area contributed by atoms with Crippen molar-refractivity contribution < 1.29 is 4.65 Å². The Bertz CT molecular complexity index is 452. The summed E-state index contributed by atoms with van der Waals surface area (Å²) in [4.78, 5) is 4.45. The predicted molar refractivity (Wildman–Crippen MR) is 77.5 cm³/mol. The van der Waals surface area contributed by atoms with E-state index in [0.29, 0.717) is 6.54 Å². The second kappa shape index (κ2) is 5.95. The molecule has 2 aromatic rings. The van der Waals surface area contributed by atoms with E-state index in [9.17, 15) is 5.21 Å². The summed E-state index contributed by atoms with van der Waals surface area (Å²) < 4.78 is -0.268. The lowest BCUT2D eigenvalue weighted by molar-refractivity contribution is -0.840. The SMILES string of the molecule is C[N+](C)([O-])CC[C@@H](c1ccccc1)c1ccccn1. The molecule has 0 aliphatic carbocycles. The lowest BCUT2D eigenvalue weighted by Crippen LogP contribution is -2.34. The molecular weight excluding hydrogens is 236 g/mol. The fourth-order valence-corrected chi connectivity index (χ4v) is 2.19. The number of rotatable bonds is 5. The molecule has 0 fully saturated rings. The van der Waals surface area contributed by atoms with Gasteiger partial charge < -0.3 is 9.85 Å². The quantitative estimate of drug-likeness (QED) is 0.608. The van der Waals surface area contributed by atoms with Gasteiger partial charge in [0.05, 0.1) is 20.6 Å². The lowest BCUT2D eigenvalue weighted by atomic mass is 9.92. The van der Waals surface area contributed by atoms with Gasteiger partial charge >= 0.3 is 0 Å². The predicted octanol–water partition coefficient (Wildman–Crippen LogP) is 3.18. The van der Waals surface area contributed by atoms with Gasteiger partial charge in [-0.05, 0) is 17.7 Å². The number of aromatic nitrogens is 1. The van der Waals surface area contributed by atoms with E-state index >= 15 is 0 Å². The molecule has 0 saturated heterocycles. The zero-order chi connectivity index (χ0) is 13.7. The summed E-state index contributed by atoms with van der Waals surface area (Å²) in [5.41, 5.74) is 2.25. The Kier molecular flexibility index (Phi) is 4.30. The maximum absolute atomic E-state index is 11.8. The highest BCUT2D eigenvalue weighted by Crippen LogP contribution is 2.26. The highest BCUT2D eigenvalue weighted by Gasteiger charge is 2.17. The van der Waals surface area contributed by atoms with Crippen LogP contribution in [-0.2, 0) is 0 Å². The molecule has 1 heterocycles. The number of pyridine rings is 1. The topological polar surface area (TPSA) is 36.0 Å². The molecule has 19 heavy (non-hydrogen) atoms. The molecular formula is C16H20N2O. The van der Waals surface area contributed by atoms with Crippen molar-refractivity contribution in [1.29, 1.82) is 0 Å². The zero-order valence-electron chi connectivity index (χ0n) is 11.5. The van der Waals surface area contributed by atoms with Crippen molar-refractivity contribution in [2.24, 2.45) is 0 Å². The molecule has 0 aliphatic heterocycles. The van der Waals surface area contributed by atoms with Crippen molar-refractivity contribution in [2.75, 3.05) is 20.6 Å². The van der Waals surface area contributed by atoms with Crippen molar-refractivity contribution in [2.45, 2.75) is 12.3 Å². The van der Waals surface area contributed by atoms with E-state index in [1.54, 1.807) is 14.1 Å². The third-order valence-electron chi connectivity index (χ3n) is 3.20. The molecule has 0 N–H and O–H groups in total. The van der Waals surface area contributed by atoms with Gasteiger partial charge in [-0.2, -0.15) is 0 Å². The summed E-state index contributed by atoms with van der Waals surface area (Å²) >= 11 is 0. The van der Waals surface area contributed by atoms with E-state index in [1.165, 1.54) is 5.56 Å². The molecule has 3 heteroatoms. The highest BCUT2D eigenvalue weighted by molar-refractivity contribution is 5.28. The molecule has 1 aromatic carbocycles. The Morgan fingerprint density at radius 1 is 1.05 bits per heavy atom. The van der Waals surface area contributed by atoms with Gasteiger partial charge in [0.25, 0.3) is 0 Å². The molecule has 1 atom stereocenters. The van der Waals surface area contributed by atoms with Crippen LogP contribution in [0, 0.1) is 5.21 Å². The van der Waals surface area contributed by atoms with Gasteiger partial charge in [0.1, 0.15) is 0 Å².